The first-order valence-electron chi connectivity index (χ1n) is 4.95. The highest BCUT2D eigenvalue weighted by atomic mass is 16.6. The van der Waals surface area contributed by atoms with Gasteiger partial charge in [-0.25, -0.2) is 9.59 Å². The van der Waals surface area contributed by atoms with Crippen LogP contribution < -0.4 is 5.32 Å². The topological polar surface area (TPSA) is 102 Å². The molecule has 1 atom stereocenters. The van der Waals surface area contributed by atoms with E-state index in [4.69, 9.17) is 9.84 Å². The number of carbonyl (C=O) groups is 3. The Bertz CT molecular complexity index is 312. The Hall–Kier alpha value is -1.79. The molecule has 0 saturated carbocycles. The van der Waals surface area contributed by atoms with E-state index in [0.29, 0.717) is 0 Å². The second kappa shape index (κ2) is 6.07. The predicted molar refractivity (Wildman–Crippen MR) is 59.5 cm³/mol. The van der Waals surface area contributed by atoms with Crippen molar-refractivity contribution in [2.45, 2.75) is 38.8 Å². The Labute approximate surface area is 101 Å². The number of methoxy groups -OCH3 is 1. The maximum Gasteiger partial charge on any atom is 0.408 e. The first-order valence-corrected chi connectivity index (χ1v) is 4.95. The summed E-state index contributed by atoms with van der Waals surface area (Å²) in [5, 5.41) is 10.9. The van der Waals surface area contributed by atoms with Gasteiger partial charge in [0.15, 0.2) is 0 Å². The van der Waals surface area contributed by atoms with Crippen LogP contribution in [-0.2, 0) is 19.1 Å². The maximum atomic E-state index is 11.3. The van der Waals surface area contributed by atoms with Gasteiger partial charge in [0.1, 0.15) is 11.6 Å². The van der Waals surface area contributed by atoms with Gasteiger partial charge < -0.3 is 19.9 Å². The van der Waals surface area contributed by atoms with Gasteiger partial charge in [0.2, 0.25) is 0 Å². The van der Waals surface area contributed by atoms with Gasteiger partial charge >= 0.3 is 18.0 Å². The van der Waals surface area contributed by atoms with Crippen LogP contribution in [-0.4, -0.2) is 41.9 Å². The number of alkyl carbamates (subject to hydrolysis) is 1. The van der Waals surface area contributed by atoms with Gasteiger partial charge in [-0.2, -0.15) is 0 Å². The Morgan fingerprint density at radius 1 is 1.35 bits per heavy atom. The predicted octanol–water partition coefficient (Wildman–Crippen LogP) is 0.773. The number of ether oxygens (including phenoxy) is 2. The second-order valence-electron chi connectivity index (χ2n) is 4.32. The van der Waals surface area contributed by atoms with Gasteiger partial charge in [-0.15, -0.1) is 0 Å². The maximum absolute atomic E-state index is 11.3. The number of hydrogen-bond donors (Lipinski definition) is 2. The summed E-state index contributed by atoms with van der Waals surface area (Å²) in [5.41, 5.74) is -0.738. The van der Waals surface area contributed by atoms with Gasteiger partial charge in [-0.05, 0) is 20.8 Å². The minimum Gasteiger partial charge on any atom is -0.480 e. The van der Waals surface area contributed by atoms with Gasteiger partial charge in [-0.1, -0.05) is 0 Å². The first kappa shape index (κ1) is 15.2. The first-order chi connectivity index (χ1) is 7.65. The molecule has 17 heavy (non-hydrogen) atoms. The number of nitrogens with one attached hydrogen (secondary N) is 1. The van der Waals surface area contributed by atoms with Crippen molar-refractivity contribution in [2.24, 2.45) is 0 Å². The minimum atomic E-state index is -1.36. The molecule has 7 heteroatoms. The average molecular weight is 249 g/mol. The molecule has 0 radical (unpaired) electrons. The third-order valence-corrected chi connectivity index (χ3v) is 1.59. The Morgan fingerprint density at radius 2 is 1.88 bits per heavy atom. The number of carbonyl (C=O) groups excluding carboxylic acids is 2. The van der Waals surface area contributed by atoms with Crippen LogP contribution in [0.25, 0.3) is 0 Å². The van der Waals surface area contributed by atoms with Crippen molar-refractivity contribution in [3.8, 4) is 0 Å². The molecule has 0 aromatic carbocycles. The molecule has 0 aliphatic carbocycles. The molecule has 0 aromatic rings. The van der Waals surface area contributed by atoms with E-state index < -0.39 is 36.1 Å². The highest BCUT2D eigenvalue weighted by molar-refractivity contribution is 5.85. The number of rotatable bonds is 4. The van der Waals surface area contributed by atoms with Crippen molar-refractivity contribution >= 4 is 18.0 Å². The van der Waals surface area contributed by atoms with Crippen LogP contribution in [0.1, 0.15) is 28.6 Å². The van der Waals surface area contributed by atoms with Crippen molar-refractivity contribution in [3.63, 3.8) is 0 Å². The molecule has 100 valence electrons. The number of carboxylic acids is 1. The Morgan fingerprint density at radius 3 is 2.24 bits per heavy atom. The van der Waals surface area contributed by atoms with E-state index in [1.807, 2.05) is 0 Å². The fraction of sp³-hybridized carbons (Fsp3) is 0.700. The summed E-state index contributed by atoms with van der Waals surface area (Å²) in [6, 6.07) is -1.36. The quantitative estimate of drug-likeness (QED) is 0.713. The monoisotopic (exact) mass is 249 g/mol. The van der Waals surface area contributed by atoms with E-state index in [1.54, 1.807) is 20.8 Å². The molecule has 0 aliphatic rings. The summed E-state index contributed by atoms with van der Waals surface area (Å²) in [7, 11) is 1.13. The summed E-state index contributed by atoms with van der Waals surface area (Å²) < 4.78 is 9.19. The van der Waals surface area contributed by atoms with Gasteiger partial charge in [-0.3, -0.25) is 4.79 Å². The van der Waals surface area contributed by atoms with E-state index in [9.17, 15) is 14.4 Å². The van der Waals surface area contributed by atoms with Gasteiger partial charge in [0.25, 0.3) is 0 Å². The fourth-order valence-electron chi connectivity index (χ4n) is 0.900. The molecule has 0 heterocycles. The van der Waals surface area contributed by atoms with Crippen molar-refractivity contribution in [2.75, 3.05) is 7.11 Å². The summed E-state index contributed by atoms with van der Waals surface area (Å²) in [4.78, 5) is 33.0. The van der Waals surface area contributed by atoms with Crippen LogP contribution in [0.5, 0.6) is 0 Å². The third kappa shape index (κ3) is 7.15. The molecule has 2 N–H and O–H groups in total. The summed E-state index contributed by atoms with van der Waals surface area (Å²) >= 11 is 0. The Balaban J connectivity index is 0. The van der Waals surface area contributed by atoms with Crippen molar-refractivity contribution in [3.05, 3.63) is 0 Å². The number of carboxylic acid groups (broad SMARTS) is 1. The van der Waals surface area contributed by atoms with Crippen LogP contribution in [0.15, 0.2) is 0 Å². The van der Waals surface area contributed by atoms with Crippen molar-refractivity contribution < 1.29 is 30.4 Å². The zero-order chi connectivity index (χ0) is 13.6. The van der Waals surface area contributed by atoms with Crippen LogP contribution in [0.3, 0.4) is 0 Å². The SMILES string of the molecule is COC(=O)C[C@H](NC(=O)OC(C)(C)C)C(=O)O.[HH]. The number of aliphatic carboxylic acids is 1. The zero-order valence-electron chi connectivity index (χ0n) is 10.3. The smallest absolute Gasteiger partial charge is 0.408 e. The van der Waals surface area contributed by atoms with Crippen LogP contribution in [0, 0.1) is 0 Å². The minimum absolute atomic E-state index is 0. The van der Waals surface area contributed by atoms with E-state index in [2.05, 4.69) is 10.1 Å². The van der Waals surface area contributed by atoms with Gasteiger partial charge in [0.05, 0.1) is 13.5 Å². The summed E-state index contributed by atoms with van der Waals surface area (Å²) in [6.45, 7) is 4.92. The number of hydrogen-bond acceptors (Lipinski definition) is 5. The van der Waals surface area contributed by atoms with E-state index in [0.717, 1.165) is 7.11 Å². The molecule has 0 aliphatic heterocycles. The second-order valence-corrected chi connectivity index (χ2v) is 4.32. The molecule has 0 saturated heterocycles. The molecule has 0 bridgehead atoms. The standard InChI is InChI=1S/C10H17NO6.H2/c1-10(2,3)17-9(15)11-6(8(13)14)5-7(12)16-4;/h6H,5H2,1-4H3,(H,11,15)(H,13,14);1H/t6-;/m0./s1. The van der Waals surface area contributed by atoms with E-state index >= 15 is 0 Å². The summed E-state index contributed by atoms with van der Waals surface area (Å²) in [5.74, 6) is -2.06. The summed E-state index contributed by atoms with van der Waals surface area (Å²) in [6.07, 6.45) is -1.35. The van der Waals surface area contributed by atoms with Crippen LogP contribution >= 0.6 is 0 Å². The Kier molecular flexibility index (Phi) is 5.43. The van der Waals surface area contributed by atoms with Crippen LogP contribution in [0.2, 0.25) is 0 Å². The lowest BCUT2D eigenvalue weighted by atomic mass is 10.2. The van der Waals surface area contributed by atoms with Crippen molar-refractivity contribution in [1.29, 1.82) is 0 Å². The molecule has 0 rings (SSSR count). The van der Waals surface area contributed by atoms with Crippen molar-refractivity contribution in [1.82, 2.24) is 5.32 Å². The lowest BCUT2D eigenvalue weighted by Gasteiger charge is -2.21. The molecule has 0 fully saturated rings. The normalized spacial score (nSPS) is 12.5. The largest absolute Gasteiger partial charge is 0.480 e. The molecular weight excluding hydrogens is 230 g/mol. The average Bonchev–Trinajstić information content (AvgIpc) is 2.13. The van der Waals surface area contributed by atoms with E-state index in [1.165, 1.54) is 0 Å². The molecule has 0 unspecified atom stereocenters. The molecule has 0 spiro atoms. The molecule has 1 amide bonds. The van der Waals surface area contributed by atoms with E-state index in [-0.39, 0.29) is 1.43 Å². The zero-order valence-corrected chi connectivity index (χ0v) is 10.3. The highest BCUT2D eigenvalue weighted by Crippen LogP contribution is 2.07. The lowest BCUT2D eigenvalue weighted by Crippen LogP contribution is -2.44. The number of amides is 1. The molecule has 0 aromatic heterocycles. The van der Waals surface area contributed by atoms with Gasteiger partial charge in [0, 0.05) is 1.43 Å². The van der Waals surface area contributed by atoms with Crippen LogP contribution in [0.4, 0.5) is 4.79 Å². The molecular formula is C10H19NO6. The highest BCUT2D eigenvalue weighted by Gasteiger charge is 2.26. The third-order valence-electron chi connectivity index (χ3n) is 1.59. The lowest BCUT2D eigenvalue weighted by molar-refractivity contribution is -0.147. The molecule has 7 nitrogen and oxygen atoms in total. The fourth-order valence-corrected chi connectivity index (χ4v) is 0.900. The number of esters is 1.